The molecule has 1 aromatic carbocycles. The van der Waals surface area contributed by atoms with Gasteiger partial charge in [-0.3, -0.25) is 0 Å². The van der Waals surface area contributed by atoms with Crippen LogP contribution in [0, 0.1) is 0 Å². The quantitative estimate of drug-likeness (QED) is 0.519. The van der Waals surface area contributed by atoms with E-state index in [2.05, 4.69) is 0 Å². The monoisotopic (exact) mass is 179 g/mol. The van der Waals surface area contributed by atoms with E-state index in [1.807, 2.05) is 6.07 Å². The number of aromatic hydroxyl groups is 2. The summed E-state index contributed by atoms with van der Waals surface area (Å²) in [6.07, 6.45) is 2.43. The molecule has 0 bridgehead atoms. The summed E-state index contributed by atoms with van der Waals surface area (Å²) < 4.78 is 0. The van der Waals surface area contributed by atoms with Crippen LogP contribution in [0.2, 0.25) is 0 Å². The minimum absolute atomic E-state index is 0.0319. The number of phenolic OH excluding ortho intramolecular Hbond substituents is 2. The zero-order valence-corrected chi connectivity index (χ0v) is 7.33. The molecule has 2 rings (SSSR count). The van der Waals surface area contributed by atoms with Crippen molar-refractivity contribution in [1.29, 1.82) is 0 Å². The first-order valence-corrected chi connectivity index (χ1v) is 4.46. The average molecular weight is 179 g/mol. The van der Waals surface area contributed by atoms with Crippen molar-refractivity contribution < 1.29 is 10.2 Å². The molecule has 0 fully saturated rings. The number of rotatable bonds is 0. The van der Waals surface area contributed by atoms with E-state index in [1.54, 1.807) is 0 Å². The van der Waals surface area contributed by atoms with Crippen LogP contribution in [0.15, 0.2) is 12.1 Å². The average Bonchev–Trinajstić information content (AvgIpc) is 2.12. The highest BCUT2D eigenvalue weighted by atomic mass is 16.3. The Morgan fingerprint density at radius 2 is 2.08 bits per heavy atom. The molecule has 0 heterocycles. The Balaban J connectivity index is 2.47. The zero-order valence-electron chi connectivity index (χ0n) is 7.33. The van der Waals surface area contributed by atoms with E-state index in [9.17, 15) is 10.2 Å². The zero-order chi connectivity index (χ0) is 9.42. The van der Waals surface area contributed by atoms with Gasteiger partial charge < -0.3 is 15.9 Å². The Bertz CT molecular complexity index is 336. The number of phenols is 2. The van der Waals surface area contributed by atoms with Gasteiger partial charge in [0.15, 0.2) is 11.5 Å². The lowest BCUT2D eigenvalue weighted by molar-refractivity contribution is 0.394. The van der Waals surface area contributed by atoms with Crippen LogP contribution in [0.1, 0.15) is 17.5 Å². The Kier molecular flexibility index (Phi) is 1.88. The molecule has 0 radical (unpaired) electrons. The normalized spacial score (nSPS) is 21.2. The van der Waals surface area contributed by atoms with Crippen LogP contribution < -0.4 is 5.73 Å². The van der Waals surface area contributed by atoms with Crippen molar-refractivity contribution in [3.8, 4) is 11.5 Å². The van der Waals surface area contributed by atoms with Crippen molar-refractivity contribution in [3.05, 3.63) is 23.3 Å². The lowest BCUT2D eigenvalue weighted by Gasteiger charge is -2.22. The van der Waals surface area contributed by atoms with E-state index in [0.717, 1.165) is 30.4 Å². The molecule has 0 aromatic heterocycles. The van der Waals surface area contributed by atoms with Crippen molar-refractivity contribution >= 4 is 0 Å². The van der Waals surface area contributed by atoms with Gasteiger partial charge in [0.1, 0.15) is 0 Å². The SMILES string of the molecule is NC1CCc2c(ccc(O)c2O)C1. The largest absolute Gasteiger partial charge is 0.504 e. The molecule has 0 saturated heterocycles. The summed E-state index contributed by atoms with van der Waals surface area (Å²) in [5, 5.41) is 18.8. The van der Waals surface area contributed by atoms with Crippen LogP contribution in [-0.4, -0.2) is 16.3 Å². The van der Waals surface area contributed by atoms with Gasteiger partial charge in [0.2, 0.25) is 0 Å². The third-order valence-electron chi connectivity index (χ3n) is 2.61. The third-order valence-corrected chi connectivity index (χ3v) is 2.61. The predicted molar refractivity (Wildman–Crippen MR) is 49.8 cm³/mol. The molecule has 1 unspecified atom stereocenters. The van der Waals surface area contributed by atoms with Crippen molar-refractivity contribution in [3.63, 3.8) is 0 Å². The molecule has 0 amide bonds. The molecular weight excluding hydrogens is 166 g/mol. The lowest BCUT2D eigenvalue weighted by atomic mass is 9.88. The van der Waals surface area contributed by atoms with Crippen LogP contribution in [-0.2, 0) is 12.8 Å². The number of benzene rings is 1. The van der Waals surface area contributed by atoms with E-state index in [4.69, 9.17) is 5.73 Å². The standard InChI is InChI=1S/C10H13NO2/c11-7-2-3-8-6(5-7)1-4-9(12)10(8)13/h1,4,7,12-13H,2-3,5,11H2. The minimum atomic E-state index is -0.0331. The fourth-order valence-corrected chi connectivity index (χ4v) is 1.85. The maximum atomic E-state index is 9.54. The van der Waals surface area contributed by atoms with Gasteiger partial charge >= 0.3 is 0 Å². The van der Waals surface area contributed by atoms with E-state index in [-0.39, 0.29) is 17.5 Å². The number of hydrogen-bond donors (Lipinski definition) is 3. The molecule has 3 nitrogen and oxygen atoms in total. The molecule has 0 aliphatic heterocycles. The summed E-state index contributed by atoms with van der Waals surface area (Å²) in [4.78, 5) is 0. The van der Waals surface area contributed by atoms with Gasteiger partial charge in [0, 0.05) is 11.6 Å². The summed E-state index contributed by atoms with van der Waals surface area (Å²) in [5.74, 6) is -0.00128. The molecule has 1 aliphatic carbocycles. The summed E-state index contributed by atoms with van der Waals surface area (Å²) in [6.45, 7) is 0. The highest BCUT2D eigenvalue weighted by Gasteiger charge is 2.19. The van der Waals surface area contributed by atoms with E-state index in [1.165, 1.54) is 6.07 Å². The summed E-state index contributed by atoms with van der Waals surface area (Å²) in [5.41, 5.74) is 7.72. The molecule has 13 heavy (non-hydrogen) atoms. The van der Waals surface area contributed by atoms with Crippen molar-refractivity contribution in [2.75, 3.05) is 0 Å². The number of fused-ring (bicyclic) bond motifs is 1. The smallest absolute Gasteiger partial charge is 0.160 e. The third kappa shape index (κ3) is 1.35. The highest BCUT2D eigenvalue weighted by molar-refractivity contribution is 5.50. The maximum absolute atomic E-state index is 9.54. The van der Waals surface area contributed by atoms with Crippen LogP contribution >= 0.6 is 0 Å². The molecule has 3 heteroatoms. The summed E-state index contributed by atoms with van der Waals surface area (Å²) in [6, 6.07) is 3.55. The van der Waals surface area contributed by atoms with Crippen molar-refractivity contribution in [1.82, 2.24) is 0 Å². The summed E-state index contributed by atoms with van der Waals surface area (Å²) in [7, 11) is 0. The first-order valence-electron chi connectivity index (χ1n) is 4.46. The van der Waals surface area contributed by atoms with E-state index in [0.29, 0.717) is 0 Å². The maximum Gasteiger partial charge on any atom is 0.160 e. The minimum Gasteiger partial charge on any atom is -0.504 e. The summed E-state index contributed by atoms with van der Waals surface area (Å²) >= 11 is 0. The number of hydrogen-bond acceptors (Lipinski definition) is 3. The van der Waals surface area contributed by atoms with Gasteiger partial charge in [-0.1, -0.05) is 6.07 Å². The molecule has 0 spiro atoms. The fraction of sp³-hybridized carbons (Fsp3) is 0.400. The topological polar surface area (TPSA) is 66.5 Å². The Morgan fingerprint density at radius 1 is 1.31 bits per heavy atom. The molecule has 0 saturated carbocycles. The second-order valence-corrected chi connectivity index (χ2v) is 3.57. The van der Waals surface area contributed by atoms with E-state index < -0.39 is 0 Å². The van der Waals surface area contributed by atoms with Gasteiger partial charge in [-0.25, -0.2) is 0 Å². The first-order chi connectivity index (χ1) is 6.18. The van der Waals surface area contributed by atoms with Gasteiger partial charge in [0.25, 0.3) is 0 Å². The molecule has 1 atom stereocenters. The molecular formula is C10H13NO2. The van der Waals surface area contributed by atoms with Crippen LogP contribution in [0.3, 0.4) is 0 Å². The first kappa shape index (κ1) is 8.38. The van der Waals surface area contributed by atoms with Crippen LogP contribution in [0.4, 0.5) is 0 Å². The van der Waals surface area contributed by atoms with Crippen LogP contribution in [0.25, 0.3) is 0 Å². The van der Waals surface area contributed by atoms with E-state index >= 15 is 0 Å². The van der Waals surface area contributed by atoms with Gasteiger partial charge in [-0.15, -0.1) is 0 Å². The second-order valence-electron chi connectivity index (χ2n) is 3.57. The number of nitrogens with two attached hydrogens (primary N) is 1. The Hall–Kier alpha value is -1.22. The Morgan fingerprint density at radius 3 is 2.85 bits per heavy atom. The van der Waals surface area contributed by atoms with Crippen molar-refractivity contribution in [2.24, 2.45) is 5.73 Å². The predicted octanol–water partition coefficient (Wildman–Crippen LogP) is 0.914. The molecule has 1 aliphatic rings. The van der Waals surface area contributed by atoms with Gasteiger partial charge in [-0.2, -0.15) is 0 Å². The molecule has 70 valence electrons. The Labute approximate surface area is 76.8 Å². The molecule has 4 N–H and O–H groups in total. The van der Waals surface area contributed by atoms with Gasteiger partial charge in [0.05, 0.1) is 0 Å². The van der Waals surface area contributed by atoms with Crippen molar-refractivity contribution in [2.45, 2.75) is 25.3 Å². The molecule has 1 aromatic rings. The van der Waals surface area contributed by atoms with Gasteiger partial charge in [-0.05, 0) is 30.9 Å². The van der Waals surface area contributed by atoms with Crippen LogP contribution in [0.5, 0.6) is 11.5 Å². The fourth-order valence-electron chi connectivity index (χ4n) is 1.85. The second kappa shape index (κ2) is 2.92. The lowest BCUT2D eigenvalue weighted by Crippen LogP contribution is -2.27. The highest BCUT2D eigenvalue weighted by Crippen LogP contribution is 2.35.